The zero-order valence-electron chi connectivity index (χ0n) is 26.7. The van der Waals surface area contributed by atoms with Crippen molar-refractivity contribution in [3.8, 4) is 56.4 Å². The largest absolute Gasteiger partial charge is 0.455 e. The van der Waals surface area contributed by atoms with Gasteiger partial charge in [-0.05, 0) is 52.6 Å². The molecule has 0 amide bonds. The van der Waals surface area contributed by atoms with Gasteiger partial charge in [0.1, 0.15) is 11.2 Å². The number of furan rings is 1. The summed E-state index contributed by atoms with van der Waals surface area (Å²) >= 11 is 1.84. The van der Waals surface area contributed by atoms with Crippen LogP contribution in [0, 0.1) is 0 Å². The number of hydrogen-bond donors (Lipinski definition) is 0. The second kappa shape index (κ2) is 11.6. The highest BCUT2D eigenvalue weighted by Gasteiger charge is 2.19. The summed E-state index contributed by atoms with van der Waals surface area (Å²) in [5.74, 6) is 1.79. The van der Waals surface area contributed by atoms with Crippen LogP contribution in [0.25, 0.3) is 98.5 Å². The molecule has 0 radical (unpaired) electrons. The molecule has 0 saturated heterocycles. The van der Waals surface area contributed by atoms with Crippen molar-refractivity contribution >= 4 is 53.4 Å². The van der Waals surface area contributed by atoms with Gasteiger partial charge in [-0.15, -0.1) is 11.3 Å². The number of nitrogens with zero attached hydrogens (tertiary/aromatic N) is 3. The molecule has 0 spiro atoms. The Morgan fingerprint density at radius 1 is 0.380 bits per heavy atom. The lowest BCUT2D eigenvalue weighted by molar-refractivity contribution is 0.669. The summed E-state index contributed by atoms with van der Waals surface area (Å²) in [4.78, 5) is 15.1. The van der Waals surface area contributed by atoms with Gasteiger partial charge >= 0.3 is 0 Å². The standard InChI is InChI=1S/C45H27N3OS/c1-3-12-28(13-4-1)30-16-9-17-32(26-30)44-46-43(29-14-5-2-6-15-29)47-45(48-44)38-22-11-20-36-34-25-24-31(27-39(34)49-41(36)38)33-19-10-21-37-35-18-7-8-23-40(35)50-42(33)37/h1-27H. The fraction of sp³-hybridized carbons (Fsp3) is 0. The van der Waals surface area contributed by atoms with Crippen molar-refractivity contribution in [1.82, 2.24) is 15.0 Å². The molecule has 0 fully saturated rings. The normalized spacial score (nSPS) is 11.6. The van der Waals surface area contributed by atoms with Crippen molar-refractivity contribution in [1.29, 1.82) is 0 Å². The first-order valence-electron chi connectivity index (χ1n) is 16.6. The molecule has 10 aromatic rings. The van der Waals surface area contributed by atoms with Crippen LogP contribution >= 0.6 is 11.3 Å². The Kier molecular flexibility index (Phi) is 6.64. The zero-order valence-corrected chi connectivity index (χ0v) is 27.6. The van der Waals surface area contributed by atoms with Crippen LogP contribution in [0.5, 0.6) is 0 Å². The minimum absolute atomic E-state index is 0.568. The lowest BCUT2D eigenvalue weighted by Gasteiger charge is -2.10. The molecule has 3 heterocycles. The predicted molar refractivity (Wildman–Crippen MR) is 207 cm³/mol. The summed E-state index contributed by atoms with van der Waals surface area (Å²) < 4.78 is 9.32. The van der Waals surface area contributed by atoms with E-state index in [2.05, 4.69) is 121 Å². The maximum absolute atomic E-state index is 6.74. The SMILES string of the molecule is c1ccc(-c2cccc(-c3nc(-c4ccccc4)nc(-c4cccc5c4oc4cc(-c6cccc7c6sc6ccccc67)ccc45)n3)c2)cc1. The van der Waals surface area contributed by atoms with Crippen molar-refractivity contribution in [2.24, 2.45) is 0 Å². The van der Waals surface area contributed by atoms with E-state index in [9.17, 15) is 0 Å². The van der Waals surface area contributed by atoms with Gasteiger partial charge in [0.15, 0.2) is 17.5 Å². The van der Waals surface area contributed by atoms with E-state index in [0.29, 0.717) is 17.5 Å². The van der Waals surface area contributed by atoms with Crippen LogP contribution in [0.15, 0.2) is 168 Å². The van der Waals surface area contributed by atoms with Crippen molar-refractivity contribution in [2.75, 3.05) is 0 Å². The van der Waals surface area contributed by atoms with Gasteiger partial charge in [-0.25, -0.2) is 15.0 Å². The van der Waals surface area contributed by atoms with Gasteiger partial charge < -0.3 is 4.42 Å². The van der Waals surface area contributed by atoms with Crippen LogP contribution in [-0.2, 0) is 0 Å². The van der Waals surface area contributed by atoms with Crippen LogP contribution in [0.1, 0.15) is 0 Å². The minimum atomic E-state index is 0.568. The summed E-state index contributed by atoms with van der Waals surface area (Å²) in [5.41, 5.74) is 8.84. The molecule has 0 atom stereocenters. The molecule has 0 bridgehead atoms. The maximum atomic E-state index is 6.74. The quantitative estimate of drug-likeness (QED) is 0.185. The van der Waals surface area contributed by atoms with E-state index >= 15 is 0 Å². The second-order valence-corrected chi connectivity index (χ2v) is 13.4. The van der Waals surface area contributed by atoms with E-state index in [4.69, 9.17) is 19.4 Å². The van der Waals surface area contributed by atoms with Gasteiger partial charge in [0.25, 0.3) is 0 Å². The van der Waals surface area contributed by atoms with Crippen molar-refractivity contribution in [3.63, 3.8) is 0 Å². The molecule has 5 heteroatoms. The van der Waals surface area contributed by atoms with E-state index in [1.54, 1.807) is 0 Å². The zero-order chi connectivity index (χ0) is 33.0. The first-order valence-corrected chi connectivity index (χ1v) is 17.4. The summed E-state index contributed by atoms with van der Waals surface area (Å²) in [6, 6.07) is 56.8. The summed E-state index contributed by atoms with van der Waals surface area (Å²) in [7, 11) is 0. The molecule has 0 aliphatic carbocycles. The molecule has 0 aliphatic rings. The third-order valence-corrected chi connectivity index (χ3v) is 10.6. The Morgan fingerprint density at radius 2 is 1.00 bits per heavy atom. The number of fused-ring (bicyclic) bond motifs is 6. The number of benzene rings is 7. The summed E-state index contributed by atoms with van der Waals surface area (Å²) in [6.07, 6.45) is 0. The number of aromatic nitrogens is 3. The molecule has 234 valence electrons. The van der Waals surface area contributed by atoms with Gasteiger partial charge in [0.05, 0.1) is 5.56 Å². The second-order valence-electron chi connectivity index (χ2n) is 12.4. The molecular weight excluding hydrogens is 631 g/mol. The minimum Gasteiger partial charge on any atom is -0.455 e. The van der Waals surface area contributed by atoms with Gasteiger partial charge in [0.2, 0.25) is 0 Å². The van der Waals surface area contributed by atoms with Gasteiger partial charge in [-0.2, -0.15) is 0 Å². The molecule has 0 saturated carbocycles. The first kappa shape index (κ1) is 28.6. The lowest BCUT2D eigenvalue weighted by Crippen LogP contribution is -2.00. The predicted octanol–water partition coefficient (Wildman–Crippen LogP) is 12.5. The molecular formula is C45H27N3OS. The van der Waals surface area contributed by atoms with Crippen LogP contribution in [0.3, 0.4) is 0 Å². The van der Waals surface area contributed by atoms with Crippen LogP contribution in [0.4, 0.5) is 0 Å². The Labute approximate surface area is 292 Å². The Bertz CT molecular complexity index is 2870. The van der Waals surface area contributed by atoms with E-state index in [0.717, 1.165) is 55.3 Å². The molecule has 3 aromatic heterocycles. The van der Waals surface area contributed by atoms with E-state index < -0.39 is 0 Å². The number of rotatable bonds is 5. The third-order valence-electron chi connectivity index (χ3n) is 9.35. The van der Waals surface area contributed by atoms with E-state index in [1.165, 1.54) is 25.7 Å². The molecule has 4 nitrogen and oxygen atoms in total. The topological polar surface area (TPSA) is 51.8 Å². The van der Waals surface area contributed by atoms with Crippen LogP contribution in [-0.4, -0.2) is 15.0 Å². The van der Waals surface area contributed by atoms with Gasteiger partial charge in [-0.3, -0.25) is 0 Å². The fourth-order valence-electron chi connectivity index (χ4n) is 6.93. The smallest absolute Gasteiger partial charge is 0.167 e. The maximum Gasteiger partial charge on any atom is 0.167 e. The van der Waals surface area contributed by atoms with E-state index in [1.807, 2.05) is 53.8 Å². The monoisotopic (exact) mass is 657 g/mol. The molecule has 0 N–H and O–H groups in total. The lowest BCUT2D eigenvalue weighted by atomic mass is 10.0. The highest BCUT2D eigenvalue weighted by molar-refractivity contribution is 7.26. The average molecular weight is 658 g/mol. The molecule has 7 aromatic carbocycles. The van der Waals surface area contributed by atoms with Crippen molar-refractivity contribution in [2.45, 2.75) is 0 Å². The molecule has 50 heavy (non-hydrogen) atoms. The highest BCUT2D eigenvalue weighted by atomic mass is 32.1. The van der Waals surface area contributed by atoms with Crippen LogP contribution in [0.2, 0.25) is 0 Å². The van der Waals surface area contributed by atoms with Gasteiger partial charge in [0, 0.05) is 42.1 Å². The highest BCUT2D eigenvalue weighted by Crippen LogP contribution is 2.42. The van der Waals surface area contributed by atoms with Crippen LogP contribution < -0.4 is 0 Å². The van der Waals surface area contributed by atoms with Crippen molar-refractivity contribution in [3.05, 3.63) is 164 Å². The number of para-hydroxylation sites is 1. The summed E-state index contributed by atoms with van der Waals surface area (Å²) in [6.45, 7) is 0. The fourth-order valence-corrected chi connectivity index (χ4v) is 8.16. The van der Waals surface area contributed by atoms with Crippen molar-refractivity contribution < 1.29 is 4.42 Å². The van der Waals surface area contributed by atoms with E-state index in [-0.39, 0.29) is 0 Å². The van der Waals surface area contributed by atoms with Gasteiger partial charge in [-0.1, -0.05) is 133 Å². The first-order chi connectivity index (χ1) is 24.8. The third kappa shape index (κ3) is 4.79. The Hall–Kier alpha value is -6.43. The molecule has 10 rings (SSSR count). The Morgan fingerprint density at radius 3 is 1.84 bits per heavy atom. The molecule has 0 unspecified atom stereocenters. The molecule has 0 aliphatic heterocycles. The summed E-state index contributed by atoms with van der Waals surface area (Å²) in [5, 5.41) is 4.66. The number of hydrogen-bond acceptors (Lipinski definition) is 5. The Balaban J connectivity index is 1.14. The average Bonchev–Trinajstić information content (AvgIpc) is 3.77. The number of thiophene rings is 1.